The first-order valence-corrected chi connectivity index (χ1v) is 4.06. The highest BCUT2D eigenvalue weighted by molar-refractivity contribution is 5.47. The lowest BCUT2D eigenvalue weighted by Gasteiger charge is -2.00. The van der Waals surface area contributed by atoms with Gasteiger partial charge in [0.25, 0.3) is 0 Å². The molecule has 1 N–H and O–H groups in total. The molecule has 1 aromatic rings. The van der Waals surface area contributed by atoms with Crippen LogP contribution in [0.25, 0.3) is 6.08 Å². The molecule has 0 amide bonds. The normalized spacial score (nSPS) is 12.1. The van der Waals surface area contributed by atoms with E-state index in [1.165, 1.54) is 0 Å². The van der Waals surface area contributed by atoms with Gasteiger partial charge in [0.1, 0.15) is 0 Å². The van der Waals surface area contributed by atoms with Crippen LogP contribution < -0.4 is 0 Å². The molecule has 66 valence electrons. The van der Waals surface area contributed by atoms with Crippen molar-refractivity contribution < 1.29 is 5.11 Å². The lowest BCUT2D eigenvalue weighted by atomic mass is 10.2. The summed E-state index contributed by atoms with van der Waals surface area (Å²) in [5.41, 5.74) is 1.99. The average molecular weight is 166 g/mol. The summed E-state index contributed by atoms with van der Waals surface area (Å²) in [6.07, 6.45) is 5.52. The monoisotopic (exact) mass is 166 g/mol. The van der Waals surface area contributed by atoms with Crippen LogP contribution in [0, 0.1) is 0 Å². The number of aromatic nitrogens is 2. The lowest BCUT2D eigenvalue weighted by Crippen LogP contribution is -1.95. The van der Waals surface area contributed by atoms with Gasteiger partial charge in [0.05, 0.1) is 24.8 Å². The van der Waals surface area contributed by atoms with E-state index in [1.54, 1.807) is 12.5 Å². The Morgan fingerprint density at radius 2 is 2.50 bits per heavy atom. The molecule has 0 atom stereocenters. The molecule has 0 spiro atoms. The number of aryl methyl sites for hydroxylation is 1. The van der Waals surface area contributed by atoms with E-state index in [-0.39, 0.29) is 6.61 Å². The minimum atomic E-state index is 0.106. The fourth-order valence-electron chi connectivity index (χ4n) is 1.01. The van der Waals surface area contributed by atoms with Gasteiger partial charge in [-0.05, 0) is 25.5 Å². The third-order valence-corrected chi connectivity index (χ3v) is 1.73. The van der Waals surface area contributed by atoms with Crippen molar-refractivity contribution in [2.45, 2.75) is 20.4 Å². The molecule has 0 aromatic carbocycles. The Morgan fingerprint density at radius 1 is 1.75 bits per heavy atom. The van der Waals surface area contributed by atoms with Gasteiger partial charge in [0, 0.05) is 6.54 Å². The Labute approximate surface area is 72.4 Å². The van der Waals surface area contributed by atoms with Crippen molar-refractivity contribution in [3.63, 3.8) is 0 Å². The molecule has 0 fully saturated rings. The number of hydrogen-bond acceptors (Lipinski definition) is 2. The average Bonchev–Trinajstić information content (AvgIpc) is 2.51. The maximum absolute atomic E-state index is 8.80. The van der Waals surface area contributed by atoms with Gasteiger partial charge >= 0.3 is 0 Å². The van der Waals surface area contributed by atoms with Crippen molar-refractivity contribution in [1.29, 1.82) is 0 Å². The highest BCUT2D eigenvalue weighted by Crippen LogP contribution is 2.05. The zero-order chi connectivity index (χ0) is 8.97. The number of rotatable bonds is 3. The van der Waals surface area contributed by atoms with Gasteiger partial charge in [-0.1, -0.05) is 0 Å². The van der Waals surface area contributed by atoms with Crippen LogP contribution in [0.1, 0.15) is 19.5 Å². The second kappa shape index (κ2) is 4.07. The van der Waals surface area contributed by atoms with Crippen molar-refractivity contribution in [1.82, 2.24) is 9.55 Å². The predicted molar refractivity (Wildman–Crippen MR) is 48.6 cm³/mol. The second-order valence-electron chi connectivity index (χ2n) is 2.75. The van der Waals surface area contributed by atoms with Gasteiger partial charge in [-0.15, -0.1) is 0 Å². The van der Waals surface area contributed by atoms with Crippen LogP contribution in [0.15, 0.2) is 18.1 Å². The number of aliphatic hydroxyl groups is 1. The van der Waals surface area contributed by atoms with Gasteiger partial charge in [0.15, 0.2) is 0 Å². The van der Waals surface area contributed by atoms with Crippen molar-refractivity contribution >= 4 is 6.08 Å². The molecule has 0 radical (unpaired) electrons. The summed E-state index contributed by atoms with van der Waals surface area (Å²) in [6, 6.07) is 0. The van der Waals surface area contributed by atoms with E-state index >= 15 is 0 Å². The first-order chi connectivity index (χ1) is 5.77. The summed E-state index contributed by atoms with van der Waals surface area (Å²) in [5, 5.41) is 8.80. The Bertz CT molecular complexity index is 276. The zero-order valence-electron chi connectivity index (χ0n) is 7.49. The van der Waals surface area contributed by atoms with E-state index in [1.807, 2.05) is 17.6 Å². The molecule has 1 aromatic heterocycles. The Kier molecular flexibility index (Phi) is 3.05. The van der Waals surface area contributed by atoms with Crippen LogP contribution in [-0.4, -0.2) is 21.3 Å². The third kappa shape index (κ3) is 1.95. The third-order valence-electron chi connectivity index (χ3n) is 1.73. The summed E-state index contributed by atoms with van der Waals surface area (Å²) in [7, 11) is 0. The molecule has 0 aliphatic carbocycles. The van der Waals surface area contributed by atoms with E-state index in [4.69, 9.17) is 5.11 Å². The van der Waals surface area contributed by atoms with Crippen LogP contribution in [0.4, 0.5) is 0 Å². The smallest absolute Gasteiger partial charge is 0.0950 e. The SMILES string of the molecule is CCn1cncc1C=C(C)CO. The Balaban J connectivity index is 2.87. The molecule has 0 bridgehead atoms. The molecule has 0 unspecified atom stereocenters. The second-order valence-corrected chi connectivity index (χ2v) is 2.75. The molecule has 0 aliphatic rings. The molecular weight excluding hydrogens is 152 g/mol. The van der Waals surface area contributed by atoms with Crippen molar-refractivity contribution in [3.05, 3.63) is 23.8 Å². The summed E-state index contributed by atoms with van der Waals surface area (Å²) in [5.74, 6) is 0. The maximum atomic E-state index is 8.80. The number of imidazole rings is 1. The lowest BCUT2D eigenvalue weighted by molar-refractivity contribution is 0.332. The summed E-state index contributed by atoms with van der Waals surface area (Å²) in [4.78, 5) is 4.02. The number of nitrogens with zero attached hydrogens (tertiary/aromatic N) is 2. The van der Waals surface area contributed by atoms with Crippen LogP contribution in [-0.2, 0) is 6.54 Å². The van der Waals surface area contributed by atoms with Gasteiger partial charge in [-0.25, -0.2) is 4.98 Å². The van der Waals surface area contributed by atoms with Gasteiger partial charge < -0.3 is 9.67 Å². The van der Waals surface area contributed by atoms with Crippen LogP contribution in [0.5, 0.6) is 0 Å². The van der Waals surface area contributed by atoms with Crippen molar-refractivity contribution in [3.8, 4) is 0 Å². The molecular formula is C9H14N2O. The minimum Gasteiger partial charge on any atom is -0.392 e. The molecule has 3 heteroatoms. The Hall–Kier alpha value is -1.09. The molecule has 1 rings (SSSR count). The van der Waals surface area contributed by atoms with Crippen molar-refractivity contribution in [2.75, 3.05) is 6.61 Å². The standard InChI is InChI=1S/C9H14N2O/c1-3-11-7-10-5-9(11)4-8(2)6-12/h4-5,7,12H,3,6H2,1-2H3. The molecule has 12 heavy (non-hydrogen) atoms. The zero-order valence-corrected chi connectivity index (χ0v) is 7.49. The van der Waals surface area contributed by atoms with Gasteiger partial charge in [-0.2, -0.15) is 0 Å². The quantitative estimate of drug-likeness (QED) is 0.735. The minimum absolute atomic E-state index is 0.106. The fourth-order valence-corrected chi connectivity index (χ4v) is 1.01. The van der Waals surface area contributed by atoms with Gasteiger partial charge in [0.2, 0.25) is 0 Å². The Morgan fingerprint density at radius 3 is 3.08 bits per heavy atom. The largest absolute Gasteiger partial charge is 0.392 e. The first-order valence-electron chi connectivity index (χ1n) is 4.06. The molecule has 1 heterocycles. The van der Waals surface area contributed by atoms with E-state index < -0.39 is 0 Å². The van der Waals surface area contributed by atoms with E-state index in [0.29, 0.717) is 0 Å². The van der Waals surface area contributed by atoms with E-state index in [2.05, 4.69) is 11.9 Å². The maximum Gasteiger partial charge on any atom is 0.0950 e. The molecule has 0 saturated carbocycles. The first kappa shape index (κ1) is 9.00. The predicted octanol–water partition coefficient (Wildman–Crippen LogP) is 1.30. The molecule has 0 aliphatic heterocycles. The number of aliphatic hydroxyl groups excluding tert-OH is 1. The summed E-state index contributed by atoms with van der Waals surface area (Å²) >= 11 is 0. The topological polar surface area (TPSA) is 38.0 Å². The van der Waals surface area contributed by atoms with Crippen molar-refractivity contribution in [2.24, 2.45) is 0 Å². The fraction of sp³-hybridized carbons (Fsp3) is 0.444. The highest BCUT2D eigenvalue weighted by Gasteiger charge is 1.96. The number of hydrogen-bond donors (Lipinski definition) is 1. The van der Waals surface area contributed by atoms with Crippen LogP contribution in [0.3, 0.4) is 0 Å². The molecule has 3 nitrogen and oxygen atoms in total. The summed E-state index contributed by atoms with van der Waals surface area (Å²) in [6.45, 7) is 4.97. The highest BCUT2D eigenvalue weighted by atomic mass is 16.3. The van der Waals surface area contributed by atoms with E-state index in [0.717, 1.165) is 17.8 Å². The van der Waals surface area contributed by atoms with Gasteiger partial charge in [-0.3, -0.25) is 0 Å². The van der Waals surface area contributed by atoms with E-state index in [9.17, 15) is 0 Å². The summed E-state index contributed by atoms with van der Waals surface area (Å²) < 4.78 is 2.03. The van der Waals surface area contributed by atoms with Crippen LogP contribution >= 0.6 is 0 Å². The van der Waals surface area contributed by atoms with Crippen LogP contribution in [0.2, 0.25) is 0 Å². The molecule has 0 saturated heterocycles.